The molecule has 0 saturated heterocycles. The third-order valence-electron chi connectivity index (χ3n) is 1.17. The van der Waals surface area contributed by atoms with Crippen molar-refractivity contribution >= 4 is 11.3 Å². The lowest BCUT2D eigenvalue weighted by Gasteiger charge is -2.15. The number of aromatic nitrogens is 1. The average molecular weight is 155 g/mol. The lowest BCUT2D eigenvalue weighted by molar-refractivity contribution is 0.410. The fourth-order valence-corrected chi connectivity index (χ4v) is 1.71. The van der Waals surface area contributed by atoms with E-state index in [-0.39, 0.29) is 0 Å². The minimum Gasteiger partial charge on any atom is -0.250 e. The van der Waals surface area contributed by atoms with Gasteiger partial charge in [-0.05, 0) is 5.41 Å². The van der Waals surface area contributed by atoms with Crippen LogP contribution >= 0.6 is 11.3 Å². The smallest absolute Gasteiger partial charge is 0.0930 e. The molecule has 0 aromatic carbocycles. The molecule has 0 aliphatic rings. The van der Waals surface area contributed by atoms with E-state index in [1.54, 1.807) is 11.3 Å². The number of rotatable bonds is 1. The summed E-state index contributed by atoms with van der Waals surface area (Å²) in [4.78, 5) is 4.22. The van der Waals surface area contributed by atoms with E-state index in [1.165, 1.54) is 5.01 Å². The molecule has 0 radical (unpaired) electrons. The summed E-state index contributed by atoms with van der Waals surface area (Å²) < 4.78 is 0. The quantitative estimate of drug-likeness (QED) is 0.607. The number of hydrogen-bond acceptors (Lipinski definition) is 2. The Morgan fingerprint density at radius 2 is 2.20 bits per heavy atom. The summed E-state index contributed by atoms with van der Waals surface area (Å²) in [7, 11) is 0. The highest BCUT2D eigenvalue weighted by molar-refractivity contribution is 7.09. The van der Waals surface area contributed by atoms with Crippen LogP contribution in [0.25, 0.3) is 0 Å². The van der Waals surface area contributed by atoms with Crippen LogP contribution in [0.5, 0.6) is 0 Å². The molecule has 0 bridgehead atoms. The zero-order valence-electron chi connectivity index (χ0n) is 6.72. The predicted molar refractivity (Wildman–Crippen MR) is 45.3 cm³/mol. The Bertz CT molecular complexity index is 184. The van der Waals surface area contributed by atoms with Crippen molar-refractivity contribution in [1.82, 2.24) is 4.98 Å². The van der Waals surface area contributed by atoms with E-state index in [1.807, 2.05) is 11.6 Å². The topological polar surface area (TPSA) is 12.9 Å². The highest BCUT2D eigenvalue weighted by Crippen LogP contribution is 2.21. The minimum atomic E-state index is 0.373. The summed E-state index contributed by atoms with van der Waals surface area (Å²) in [6, 6.07) is 0. The predicted octanol–water partition coefficient (Wildman–Crippen LogP) is 2.73. The van der Waals surface area contributed by atoms with Crippen LogP contribution in [-0.4, -0.2) is 4.98 Å². The zero-order valence-corrected chi connectivity index (χ0v) is 7.53. The van der Waals surface area contributed by atoms with E-state index in [0.29, 0.717) is 5.41 Å². The largest absolute Gasteiger partial charge is 0.250 e. The molecule has 2 heteroatoms. The molecular weight excluding hydrogens is 142 g/mol. The molecule has 1 aromatic rings. The molecule has 0 aliphatic heterocycles. The van der Waals surface area contributed by atoms with Gasteiger partial charge < -0.3 is 0 Å². The molecular formula is C8H13NS. The molecule has 0 spiro atoms. The van der Waals surface area contributed by atoms with Crippen LogP contribution < -0.4 is 0 Å². The maximum absolute atomic E-state index is 4.22. The zero-order chi connectivity index (χ0) is 7.61. The normalized spacial score (nSPS) is 11.9. The standard InChI is InChI=1S/C8H13NS/c1-8(2,3)6-7-9-4-5-10-7/h4-5H,6H2,1-3H3. The summed E-state index contributed by atoms with van der Waals surface area (Å²) in [6.45, 7) is 6.69. The summed E-state index contributed by atoms with van der Waals surface area (Å²) in [5.41, 5.74) is 0.373. The summed E-state index contributed by atoms with van der Waals surface area (Å²) in [5, 5.41) is 3.27. The average Bonchev–Trinajstić information content (AvgIpc) is 2.12. The molecule has 0 aliphatic carbocycles. The summed E-state index contributed by atoms with van der Waals surface area (Å²) in [6.07, 6.45) is 2.95. The van der Waals surface area contributed by atoms with Crippen LogP contribution in [0, 0.1) is 5.41 Å². The van der Waals surface area contributed by atoms with Gasteiger partial charge >= 0.3 is 0 Å². The number of nitrogens with zero attached hydrogens (tertiary/aromatic N) is 1. The van der Waals surface area contributed by atoms with E-state index in [2.05, 4.69) is 25.8 Å². The highest BCUT2D eigenvalue weighted by atomic mass is 32.1. The van der Waals surface area contributed by atoms with Gasteiger partial charge in [-0.2, -0.15) is 0 Å². The second-order valence-corrected chi connectivity index (χ2v) is 4.64. The first-order valence-corrected chi connectivity index (χ1v) is 4.34. The van der Waals surface area contributed by atoms with Gasteiger partial charge in [-0.15, -0.1) is 11.3 Å². The third kappa shape index (κ3) is 2.48. The van der Waals surface area contributed by atoms with Gasteiger partial charge in [0, 0.05) is 18.0 Å². The van der Waals surface area contributed by atoms with Crippen molar-refractivity contribution in [3.8, 4) is 0 Å². The third-order valence-corrected chi connectivity index (χ3v) is 1.94. The fraction of sp³-hybridized carbons (Fsp3) is 0.625. The van der Waals surface area contributed by atoms with Gasteiger partial charge in [0.25, 0.3) is 0 Å². The Morgan fingerprint density at radius 1 is 1.50 bits per heavy atom. The van der Waals surface area contributed by atoms with E-state index in [9.17, 15) is 0 Å². The molecule has 56 valence electrons. The van der Waals surface area contributed by atoms with Crippen LogP contribution in [0.1, 0.15) is 25.8 Å². The van der Waals surface area contributed by atoms with Gasteiger partial charge in [0.1, 0.15) is 0 Å². The van der Waals surface area contributed by atoms with Crippen LogP contribution in [0.4, 0.5) is 0 Å². The number of thiazole rings is 1. The summed E-state index contributed by atoms with van der Waals surface area (Å²) >= 11 is 1.74. The van der Waals surface area contributed by atoms with Crippen molar-refractivity contribution < 1.29 is 0 Å². The van der Waals surface area contributed by atoms with Gasteiger partial charge in [-0.25, -0.2) is 4.98 Å². The van der Waals surface area contributed by atoms with Crippen molar-refractivity contribution in [1.29, 1.82) is 0 Å². The Morgan fingerprint density at radius 3 is 2.60 bits per heavy atom. The van der Waals surface area contributed by atoms with Crippen LogP contribution in [0.15, 0.2) is 11.6 Å². The van der Waals surface area contributed by atoms with Gasteiger partial charge in [0.2, 0.25) is 0 Å². The Hall–Kier alpha value is -0.370. The van der Waals surface area contributed by atoms with Crippen LogP contribution in [0.2, 0.25) is 0 Å². The van der Waals surface area contributed by atoms with E-state index in [0.717, 1.165) is 6.42 Å². The van der Waals surface area contributed by atoms with Gasteiger partial charge in [0.05, 0.1) is 5.01 Å². The minimum absolute atomic E-state index is 0.373. The Balaban J connectivity index is 2.57. The maximum atomic E-state index is 4.22. The lowest BCUT2D eigenvalue weighted by atomic mass is 9.93. The van der Waals surface area contributed by atoms with Crippen molar-refractivity contribution in [3.63, 3.8) is 0 Å². The highest BCUT2D eigenvalue weighted by Gasteiger charge is 2.12. The Labute approximate surface area is 66.1 Å². The maximum Gasteiger partial charge on any atom is 0.0930 e. The molecule has 1 heterocycles. The van der Waals surface area contributed by atoms with E-state index >= 15 is 0 Å². The van der Waals surface area contributed by atoms with E-state index < -0.39 is 0 Å². The first-order valence-electron chi connectivity index (χ1n) is 3.46. The van der Waals surface area contributed by atoms with Crippen molar-refractivity contribution in [2.24, 2.45) is 5.41 Å². The van der Waals surface area contributed by atoms with Gasteiger partial charge in [-0.3, -0.25) is 0 Å². The molecule has 1 rings (SSSR count). The van der Waals surface area contributed by atoms with Crippen molar-refractivity contribution in [3.05, 3.63) is 16.6 Å². The van der Waals surface area contributed by atoms with Gasteiger partial charge in [-0.1, -0.05) is 20.8 Å². The Kier molecular flexibility index (Phi) is 2.09. The van der Waals surface area contributed by atoms with E-state index in [4.69, 9.17) is 0 Å². The summed E-state index contributed by atoms with van der Waals surface area (Å²) in [5.74, 6) is 0. The first kappa shape index (κ1) is 7.73. The first-order chi connectivity index (χ1) is 4.58. The number of hydrogen-bond donors (Lipinski definition) is 0. The molecule has 0 saturated carbocycles. The molecule has 10 heavy (non-hydrogen) atoms. The van der Waals surface area contributed by atoms with Crippen LogP contribution in [-0.2, 0) is 6.42 Å². The lowest BCUT2D eigenvalue weighted by Crippen LogP contribution is -2.08. The van der Waals surface area contributed by atoms with Crippen molar-refractivity contribution in [2.75, 3.05) is 0 Å². The molecule has 1 nitrogen and oxygen atoms in total. The monoisotopic (exact) mass is 155 g/mol. The molecule has 0 N–H and O–H groups in total. The molecule has 0 amide bonds. The molecule has 0 atom stereocenters. The SMILES string of the molecule is CC(C)(C)Cc1nccs1. The fourth-order valence-electron chi connectivity index (χ4n) is 0.794. The molecule has 0 unspecified atom stereocenters. The van der Waals surface area contributed by atoms with Gasteiger partial charge in [0.15, 0.2) is 0 Å². The second-order valence-electron chi connectivity index (χ2n) is 3.66. The second kappa shape index (κ2) is 2.70. The van der Waals surface area contributed by atoms with Crippen LogP contribution in [0.3, 0.4) is 0 Å². The molecule has 1 aromatic heterocycles. The molecule has 0 fully saturated rings. The van der Waals surface area contributed by atoms with Crippen molar-refractivity contribution in [2.45, 2.75) is 27.2 Å².